The summed E-state index contributed by atoms with van der Waals surface area (Å²) in [5.74, 6) is 1.45. The van der Waals surface area contributed by atoms with Crippen LogP contribution >= 0.6 is 0 Å². The molecule has 0 bridgehead atoms. The van der Waals surface area contributed by atoms with E-state index in [1.807, 2.05) is 42.8 Å². The highest BCUT2D eigenvalue weighted by molar-refractivity contribution is 5.95. The second-order valence-corrected chi connectivity index (χ2v) is 8.42. The molecule has 3 rings (SSSR count). The lowest BCUT2D eigenvalue weighted by molar-refractivity contribution is 0.0527. The highest BCUT2D eigenvalue weighted by Crippen LogP contribution is 2.31. The number of nitrogens with zero attached hydrogens (tertiary/aromatic N) is 3. The lowest BCUT2D eigenvalue weighted by atomic mass is 9.92. The number of esters is 1. The number of ether oxygens (including phenoxy) is 2. The highest BCUT2D eigenvalue weighted by atomic mass is 16.5. The molecule has 0 aliphatic carbocycles. The molecule has 31 heavy (non-hydrogen) atoms. The molecule has 0 fully saturated rings. The fourth-order valence-corrected chi connectivity index (χ4v) is 3.11. The second kappa shape index (κ2) is 8.79. The van der Waals surface area contributed by atoms with Crippen molar-refractivity contribution >= 4 is 17.6 Å². The molecule has 0 saturated carbocycles. The number of carbonyl (C=O) groups excluding carboxylic acids is 1. The van der Waals surface area contributed by atoms with Gasteiger partial charge in [0.05, 0.1) is 25.1 Å². The minimum absolute atomic E-state index is 0.168. The second-order valence-electron chi connectivity index (χ2n) is 8.42. The highest BCUT2D eigenvalue weighted by Gasteiger charge is 2.23. The summed E-state index contributed by atoms with van der Waals surface area (Å²) in [5, 5.41) is 8.20. The van der Waals surface area contributed by atoms with Gasteiger partial charge in [-0.15, -0.1) is 0 Å². The molecule has 0 aliphatic rings. The number of benzene rings is 1. The molecule has 7 heteroatoms. The fourth-order valence-electron chi connectivity index (χ4n) is 3.11. The molecule has 0 aliphatic heterocycles. The van der Waals surface area contributed by atoms with Gasteiger partial charge in [0, 0.05) is 23.2 Å². The van der Waals surface area contributed by atoms with Gasteiger partial charge in [0.15, 0.2) is 0 Å². The molecule has 0 amide bonds. The smallest absolute Gasteiger partial charge is 0.341 e. The van der Waals surface area contributed by atoms with Crippen molar-refractivity contribution in [1.29, 1.82) is 0 Å². The minimum atomic E-state index is -0.419. The van der Waals surface area contributed by atoms with Gasteiger partial charge in [-0.05, 0) is 44.5 Å². The topological polar surface area (TPSA) is 78.3 Å². The van der Waals surface area contributed by atoms with E-state index >= 15 is 0 Å². The molecule has 0 radical (unpaired) electrons. The summed E-state index contributed by atoms with van der Waals surface area (Å²) in [6.45, 7) is 12.3. The zero-order chi connectivity index (χ0) is 22.8. The molecule has 2 aromatic heterocycles. The summed E-state index contributed by atoms with van der Waals surface area (Å²) in [7, 11) is 1.64. The van der Waals surface area contributed by atoms with Gasteiger partial charge >= 0.3 is 5.97 Å². The standard InChI is InChI=1S/C24H30N4O3/c1-8-31-23(29)18-12-10-16(3)25-22(18)26-21-14-20(24(4,5)6)27-28(21)19-13-17(30-7)11-9-15(19)2/h9-14H,8H2,1-7H3,(H,25,26). The van der Waals surface area contributed by atoms with E-state index in [0.29, 0.717) is 23.8 Å². The van der Waals surface area contributed by atoms with E-state index in [-0.39, 0.29) is 5.41 Å². The monoisotopic (exact) mass is 422 g/mol. The average Bonchev–Trinajstić information content (AvgIpc) is 3.12. The molecule has 7 nitrogen and oxygen atoms in total. The van der Waals surface area contributed by atoms with Gasteiger partial charge in [-0.2, -0.15) is 5.10 Å². The van der Waals surface area contributed by atoms with Crippen molar-refractivity contribution in [2.24, 2.45) is 0 Å². The summed E-state index contributed by atoms with van der Waals surface area (Å²) in [4.78, 5) is 17.0. The first kappa shape index (κ1) is 22.3. The Balaban J connectivity index is 2.16. The minimum Gasteiger partial charge on any atom is -0.497 e. The third-order valence-electron chi connectivity index (χ3n) is 4.90. The summed E-state index contributed by atoms with van der Waals surface area (Å²) >= 11 is 0. The van der Waals surface area contributed by atoms with E-state index in [9.17, 15) is 4.79 Å². The van der Waals surface area contributed by atoms with Crippen molar-refractivity contribution in [2.45, 2.75) is 47.0 Å². The van der Waals surface area contributed by atoms with Crippen LogP contribution in [-0.2, 0) is 10.2 Å². The Hall–Kier alpha value is -3.35. The number of methoxy groups -OCH3 is 1. The van der Waals surface area contributed by atoms with Crippen LogP contribution in [0, 0.1) is 13.8 Å². The first-order chi connectivity index (χ1) is 14.6. The first-order valence-electron chi connectivity index (χ1n) is 10.3. The quantitative estimate of drug-likeness (QED) is 0.556. The van der Waals surface area contributed by atoms with Crippen molar-refractivity contribution in [3.05, 3.63) is 58.9 Å². The Bertz CT molecular complexity index is 1100. The molecule has 0 unspecified atom stereocenters. The Morgan fingerprint density at radius 2 is 1.87 bits per heavy atom. The zero-order valence-corrected chi connectivity index (χ0v) is 19.2. The molecule has 0 spiro atoms. The number of aromatic nitrogens is 3. The number of rotatable bonds is 6. The van der Waals surface area contributed by atoms with Crippen LogP contribution < -0.4 is 10.1 Å². The van der Waals surface area contributed by atoms with E-state index in [0.717, 1.165) is 28.4 Å². The number of carbonyl (C=O) groups is 1. The van der Waals surface area contributed by atoms with Gasteiger partial charge < -0.3 is 14.8 Å². The average molecular weight is 423 g/mol. The maximum atomic E-state index is 12.5. The van der Waals surface area contributed by atoms with Crippen molar-refractivity contribution in [3.63, 3.8) is 0 Å². The molecule has 2 heterocycles. The number of anilines is 2. The third kappa shape index (κ3) is 4.87. The van der Waals surface area contributed by atoms with Crippen molar-refractivity contribution in [2.75, 3.05) is 19.0 Å². The number of nitrogens with one attached hydrogen (secondary N) is 1. The Labute approximate surface area is 183 Å². The molecule has 1 aromatic carbocycles. The van der Waals surface area contributed by atoms with Crippen LogP contribution in [0.15, 0.2) is 36.4 Å². The molecular formula is C24H30N4O3. The summed E-state index contributed by atoms with van der Waals surface area (Å²) < 4.78 is 12.5. The van der Waals surface area contributed by atoms with E-state index in [2.05, 4.69) is 31.1 Å². The maximum Gasteiger partial charge on any atom is 0.341 e. The maximum absolute atomic E-state index is 12.5. The van der Waals surface area contributed by atoms with Gasteiger partial charge in [0.2, 0.25) is 0 Å². The van der Waals surface area contributed by atoms with Crippen LogP contribution in [0.1, 0.15) is 55.0 Å². The first-order valence-corrected chi connectivity index (χ1v) is 10.3. The van der Waals surface area contributed by atoms with Crippen LogP contribution in [0.4, 0.5) is 11.6 Å². The van der Waals surface area contributed by atoms with E-state index in [4.69, 9.17) is 14.6 Å². The Kier molecular flexibility index (Phi) is 6.34. The Morgan fingerprint density at radius 1 is 1.13 bits per heavy atom. The lowest BCUT2D eigenvalue weighted by Gasteiger charge is -2.15. The number of pyridine rings is 1. The lowest BCUT2D eigenvalue weighted by Crippen LogP contribution is -2.13. The van der Waals surface area contributed by atoms with E-state index in [1.54, 1.807) is 26.2 Å². The molecule has 0 atom stereocenters. The summed E-state index contributed by atoms with van der Waals surface area (Å²) in [6, 6.07) is 11.4. The summed E-state index contributed by atoms with van der Waals surface area (Å²) in [5.41, 5.74) is 3.81. The van der Waals surface area contributed by atoms with Crippen LogP contribution in [0.5, 0.6) is 5.75 Å². The van der Waals surface area contributed by atoms with Gasteiger partial charge in [-0.25, -0.2) is 14.5 Å². The fraction of sp³-hybridized carbons (Fsp3) is 0.375. The van der Waals surface area contributed by atoms with Crippen molar-refractivity contribution in [3.8, 4) is 11.4 Å². The Morgan fingerprint density at radius 3 is 2.52 bits per heavy atom. The van der Waals surface area contributed by atoms with E-state index < -0.39 is 5.97 Å². The van der Waals surface area contributed by atoms with Gasteiger partial charge in [-0.3, -0.25) is 0 Å². The van der Waals surface area contributed by atoms with Crippen molar-refractivity contribution in [1.82, 2.24) is 14.8 Å². The van der Waals surface area contributed by atoms with Crippen LogP contribution in [0.3, 0.4) is 0 Å². The predicted molar refractivity (Wildman–Crippen MR) is 122 cm³/mol. The van der Waals surface area contributed by atoms with E-state index in [1.165, 1.54) is 0 Å². The SMILES string of the molecule is CCOC(=O)c1ccc(C)nc1Nc1cc(C(C)(C)C)nn1-c1cc(OC)ccc1C. The normalized spacial score (nSPS) is 11.3. The number of hydrogen-bond acceptors (Lipinski definition) is 6. The van der Waals surface area contributed by atoms with Crippen molar-refractivity contribution < 1.29 is 14.3 Å². The van der Waals surface area contributed by atoms with Crippen LogP contribution in [0.2, 0.25) is 0 Å². The number of hydrogen-bond donors (Lipinski definition) is 1. The molecule has 164 valence electrons. The van der Waals surface area contributed by atoms with Gasteiger partial charge in [0.25, 0.3) is 0 Å². The third-order valence-corrected chi connectivity index (χ3v) is 4.90. The molecular weight excluding hydrogens is 392 g/mol. The van der Waals surface area contributed by atoms with Crippen LogP contribution in [0.25, 0.3) is 5.69 Å². The zero-order valence-electron chi connectivity index (χ0n) is 19.2. The predicted octanol–water partition coefficient (Wildman–Crippen LogP) is 5.11. The molecule has 3 aromatic rings. The largest absolute Gasteiger partial charge is 0.497 e. The number of aryl methyl sites for hydroxylation is 2. The molecule has 0 saturated heterocycles. The molecule has 1 N–H and O–H groups in total. The van der Waals surface area contributed by atoms with Crippen LogP contribution in [-0.4, -0.2) is 34.5 Å². The van der Waals surface area contributed by atoms with Gasteiger partial charge in [0.1, 0.15) is 22.9 Å². The summed E-state index contributed by atoms with van der Waals surface area (Å²) in [6.07, 6.45) is 0. The van der Waals surface area contributed by atoms with Gasteiger partial charge in [-0.1, -0.05) is 26.8 Å².